The summed E-state index contributed by atoms with van der Waals surface area (Å²) in [4.78, 5) is 15.1. The van der Waals surface area contributed by atoms with E-state index in [1.54, 1.807) is 7.11 Å². The first-order chi connectivity index (χ1) is 11.6. The highest BCUT2D eigenvalue weighted by atomic mass is 35.5. The number of carbonyl (C=O) groups is 1. The average molecular weight is 367 g/mol. The number of fused-ring (bicyclic) bond motifs is 2. The highest BCUT2D eigenvalue weighted by molar-refractivity contribution is 5.85. The van der Waals surface area contributed by atoms with E-state index in [0.29, 0.717) is 30.3 Å². The van der Waals surface area contributed by atoms with Gasteiger partial charge in [-0.3, -0.25) is 4.79 Å². The number of methoxy groups -OCH3 is 1. The SMILES string of the molecule is CCN(Cc1ccc(OC)cc1)C(=O)C1CC2CCCC(C1)C2N.Cl. The first-order valence-electron chi connectivity index (χ1n) is 9.29. The lowest BCUT2D eigenvalue weighted by Gasteiger charge is -2.44. The molecule has 2 bridgehead atoms. The van der Waals surface area contributed by atoms with E-state index in [1.807, 2.05) is 29.2 Å². The maximum Gasteiger partial charge on any atom is 0.225 e. The molecule has 4 nitrogen and oxygen atoms in total. The third-order valence-corrected chi connectivity index (χ3v) is 5.99. The van der Waals surface area contributed by atoms with E-state index in [-0.39, 0.29) is 18.3 Å². The van der Waals surface area contributed by atoms with E-state index in [4.69, 9.17) is 10.5 Å². The number of amides is 1. The Kier molecular flexibility index (Phi) is 7.14. The van der Waals surface area contributed by atoms with Crippen LogP contribution in [0, 0.1) is 17.8 Å². The standard InChI is InChI=1S/C20H30N2O2.ClH/c1-3-22(13-14-7-9-18(24-2)10-8-14)20(23)17-11-15-5-4-6-16(12-17)19(15)21;/h7-10,15-17,19H,3-6,11-13,21H2,1-2H3;1H. The van der Waals surface area contributed by atoms with Crippen LogP contribution in [0.5, 0.6) is 5.75 Å². The molecule has 2 fully saturated rings. The summed E-state index contributed by atoms with van der Waals surface area (Å²) in [7, 11) is 1.67. The van der Waals surface area contributed by atoms with E-state index >= 15 is 0 Å². The lowest BCUT2D eigenvalue weighted by atomic mass is 9.65. The van der Waals surface area contributed by atoms with Gasteiger partial charge in [-0.2, -0.15) is 0 Å². The maximum atomic E-state index is 13.1. The molecule has 0 saturated heterocycles. The lowest BCUT2D eigenvalue weighted by Crippen LogP contribution is -2.49. The van der Waals surface area contributed by atoms with Crippen molar-refractivity contribution in [3.8, 4) is 5.75 Å². The minimum atomic E-state index is 0. The zero-order valence-corrected chi connectivity index (χ0v) is 16.1. The van der Waals surface area contributed by atoms with Crippen molar-refractivity contribution in [3.05, 3.63) is 29.8 Å². The molecule has 1 amide bonds. The summed E-state index contributed by atoms with van der Waals surface area (Å²) in [6.45, 7) is 3.50. The predicted molar refractivity (Wildman–Crippen MR) is 103 cm³/mol. The van der Waals surface area contributed by atoms with E-state index in [1.165, 1.54) is 19.3 Å². The third-order valence-electron chi connectivity index (χ3n) is 5.99. The van der Waals surface area contributed by atoms with Gasteiger partial charge >= 0.3 is 0 Å². The molecule has 2 N–H and O–H groups in total. The van der Waals surface area contributed by atoms with Gasteiger partial charge in [-0.05, 0) is 62.1 Å². The molecule has 2 aliphatic carbocycles. The van der Waals surface area contributed by atoms with Crippen molar-refractivity contribution in [3.63, 3.8) is 0 Å². The van der Waals surface area contributed by atoms with Crippen molar-refractivity contribution in [2.24, 2.45) is 23.5 Å². The molecule has 0 heterocycles. The van der Waals surface area contributed by atoms with Gasteiger partial charge in [-0.1, -0.05) is 18.6 Å². The minimum Gasteiger partial charge on any atom is -0.497 e. The molecule has 2 aliphatic rings. The second kappa shape index (κ2) is 8.91. The number of carbonyl (C=O) groups excluding carboxylic acids is 1. The Labute approximate surface area is 157 Å². The van der Waals surface area contributed by atoms with E-state index < -0.39 is 0 Å². The first-order valence-corrected chi connectivity index (χ1v) is 9.29. The second-order valence-electron chi connectivity index (χ2n) is 7.40. The summed E-state index contributed by atoms with van der Waals surface area (Å²) in [5.74, 6) is 2.43. The molecule has 1 aromatic carbocycles. The van der Waals surface area contributed by atoms with Crippen LogP contribution in [0.3, 0.4) is 0 Å². The summed E-state index contributed by atoms with van der Waals surface area (Å²) in [6, 6.07) is 8.31. The van der Waals surface area contributed by atoms with Crippen molar-refractivity contribution in [1.82, 2.24) is 4.90 Å². The number of nitrogens with zero attached hydrogens (tertiary/aromatic N) is 1. The predicted octanol–water partition coefficient (Wildman–Crippen LogP) is 3.62. The molecule has 0 aliphatic heterocycles. The molecular formula is C20H31ClN2O2. The van der Waals surface area contributed by atoms with E-state index in [9.17, 15) is 4.79 Å². The Balaban J connectivity index is 0.00000225. The summed E-state index contributed by atoms with van der Waals surface area (Å²) in [5, 5.41) is 0. The van der Waals surface area contributed by atoms with Gasteiger partial charge in [0, 0.05) is 25.0 Å². The van der Waals surface area contributed by atoms with Crippen molar-refractivity contribution in [1.29, 1.82) is 0 Å². The van der Waals surface area contributed by atoms with Crippen molar-refractivity contribution in [2.75, 3.05) is 13.7 Å². The number of ether oxygens (including phenoxy) is 1. The summed E-state index contributed by atoms with van der Waals surface area (Å²) >= 11 is 0. The Hall–Kier alpha value is -1.26. The monoisotopic (exact) mass is 366 g/mol. The maximum absolute atomic E-state index is 13.1. The van der Waals surface area contributed by atoms with Crippen LogP contribution in [0.25, 0.3) is 0 Å². The smallest absolute Gasteiger partial charge is 0.225 e. The van der Waals surface area contributed by atoms with Gasteiger partial charge in [0.05, 0.1) is 7.11 Å². The highest BCUT2D eigenvalue weighted by Crippen LogP contribution is 2.42. The van der Waals surface area contributed by atoms with Gasteiger partial charge in [0.25, 0.3) is 0 Å². The van der Waals surface area contributed by atoms with Crippen molar-refractivity contribution in [2.45, 2.75) is 51.6 Å². The molecule has 2 atom stereocenters. The van der Waals surface area contributed by atoms with Crippen molar-refractivity contribution >= 4 is 18.3 Å². The molecule has 25 heavy (non-hydrogen) atoms. The zero-order valence-electron chi connectivity index (χ0n) is 15.3. The number of benzene rings is 1. The van der Waals surface area contributed by atoms with Crippen LogP contribution in [0.2, 0.25) is 0 Å². The normalized spacial score (nSPS) is 28.0. The number of hydrogen-bond acceptors (Lipinski definition) is 3. The summed E-state index contributed by atoms with van der Waals surface area (Å²) < 4.78 is 5.20. The Morgan fingerprint density at radius 2 is 1.80 bits per heavy atom. The Morgan fingerprint density at radius 3 is 2.32 bits per heavy atom. The van der Waals surface area contributed by atoms with Crippen LogP contribution >= 0.6 is 12.4 Å². The van der Waals surface area contributed by atoms with Crippen LogP contribution < -0.4 is 10.5 Å². The quantitative estimate of drug-likeness (QED) is 0.865. The molecule has 0 radical (unpaired) electrons. The number of rotatable bonds is 5. The minimum absolute atomic E-state index is 0. The molecule has 0 aromatic heterocycles. The largest absolute Gasteiger partial charge is 0.497 e. The summed E-state index contributed by atoms with van der Waals surface area (Å²) in [6.07, 6.45) is 5.65. The van der Waals surface area contributed by atoms with Gasteiger partial charge in [-0.15, -0.1) is 12.4 Å². The molecule has 3 rings (SSSR count). The third kappa shape index (κ3) is 4.48. The highest BCUT2D eigenvalue weighted by Gasteiger charge is 2.41. The van der Waals surface area contributed by atoms with Crippen LogP contribution in [-0.4, -0.2) is 30.5 Å². The molecule has 2 saturated carbocycles. The van der Waals surface area contributed by atoms with Gasteiger partial charge in [0.1, 0.15) is 5.75 Å². The second-order valence-corrected chi connectivity index (χ2v) is 7.40. The van der Waals surface area contributed by atoms with Gasteiger partial charge in [0.15, 0.2) is 0 Å². The van der Waals surface area contributed by atoms with Crippen molar-refractivity contribution < 1.29 is 9.53 Å². The van der Waals surface area contributed by atoms with E-state index in [0.717, 1.165) is 30.7 Å². The van der Waals surface area contributed by atoms with Gasteiger partial charge in [-0.25, -0.2) is 0 Å². The van der Waals surface area contributed by atoms with Gasteiger partial charge in [0.2, 0.25) is 5.91 Å². The average Bonchev–Trinajstić information content (AvgIpc) is 2.59. The van der Waals surface area contributed by atoms with Crippen LogP contribution in [0.1, 0.15) is 44.6 Å². The molecular weight excluding hydrogens is 336 g/mol. The lowest BCUT2D eigenvalue weighted by molar-refractivity contribution is -0.139. The number of hydrogen-bond donors (Lipinski definition) is 1. The fourth-order valence-electron chi connectivity index (χ4n) is 4.55. The Bertz CT molecular complexity index is 549. The van der Waals surface area contributed by atoms with Crippen LogP contribution in [-0.2, 0) is 11.3 Å². The zero-order chi connectivity index (χ0) is 17.1. The Morgan fingerprint density at radius 1 is 1.20 bits per heavy atom. The molecule has 0 spiro atoms. The summed E-state index contributed by atoms with van der Waals surface area (Å²) in [5.41, 5.74) is 7.52. The van der Waals surface area contributed by atoms with E-state index in [2.05, 4.69) is 6.92 Å². The molecule has 140 valence electrons. The molecule has 5 heteroatoms. The topological polar surface area (TPSA) is 55.6 Å². The van der Waals surface area contributed by atoms with Crippen LogP contribution in [0.4, 0.5) is 0 Å². The van der Waals surface area contributed by atoms with Gasteiger partial charge < -0.3 is 15.4 Å². The number of halogens is 1. The molecule has 2 unspecified atom stereocenters. The number of nitrogens with two attached hydrogens (primary N) is 1. The fourth-order valence-corrected chi connectivity index (χ4v) is 4.55. The van der Waals surface area contributed by atoms with Crippen LogP contribution in [0.15, 0.2) is 24.3 Å². The first kappa shape index (κ1) is 20.1. The fraction of sp³-hybridized carbons (Fsp3) is 0.650. The molecule has 1 aromatic rings.